The van der Waals surface area contributed by atoms with Gasteiger partial charge in [0.25, 0.3) is 0 Å². The Morgan fingerprint density at radius 1 is 1.24 bits per heavy atom. The van der Waals surface area contributed by atoms with E-state index in [9.17, 15) is 0 Å². The SMILES string of the molecule is Nc1nnn2c1cc(N)n2N(CCO)CCO. The van der Waals surface area contributed by atoms with Crippen molar-refractivity contribution < 1.29 is 10.2 Å². The van der Waals surface area contributed by atoms with Crippen LogP contribution in [0.1, 0.15) is 0 Å². The molecule has 0 aliphatic rings. The molecule has 0 saturated carbocycles. The highest BCUT2D eigenvalue weighted by Crippen LogP contribution is 2.16. The first-order valence-corrected chi connectivity index (χ1v) is 5.14. The second-order valence-electron chi connectivity index (χ2n) is 3.51. The lowest BCUT2D eigenvalue weighted by Gasteiger charge is -2.24. The van der Waals surface area contributed by atoms with Gasteiger partial charge >= 0.3 is 0 Å². The molecule has 17 heavy (non-hydrogen) atoms. The number of nitrogens with zero attached hydrogens (tertiary/aromatic N) is 5. The topological polar surface area (TPSA) is 131 Å². The monoisotopic (exact) mass is 241 g/mol. The van der Waals surface area contributed by atoms with Gasteiger partial charge in [0.15, 0.2) is 5.82 Å². The molecule has 2 aromatic heterocycles. The predicted octanol–water partition coefficient (Wildman–Crippen LogP) is -2.38. The fourth-order valence-electron chi connectivity index (χ4n) is 1.69. The van der Waals surface area contributed by atoms with Crippen molar-refractivity contribution in [2.75, 3.05) is 42.8 Å². The molecule has 0 radical (unpaired) electrons. The summed E-state index contributed by atoms with van der Waals surface area (Å²) in [6, 6.07) is 1.64. The van der Waals surface area contributed by atoms with E-state index in [1.807, 2.05) is 0 Å². The lowest BCUT2D eigenvalue weighted by molar-refractivity contribution is 0.258. The van der Waals surface area contributed by atoms with Crippen molar-refractivity contribution in [1.29, 1.82) is 0 Å². The molecule has 2 aromatic rings. The largest absolute Gasteiger partial charge is 0.394 e. The van der Waals surface area contributed by atoms with Gasteiger partial charge in [-0.25, -0.2) is 0 Å². The lowest BCUT2D eigenvalue weighted by Crippen LogP contribution is -2.42. The Bertz CT molecular complexity index is 499. The van der Waals surface area contributed by atoms with Crippen LogP contribution in [0, 0.1) is 0 Å². The number of fused-ring (bicyclic) bond motifs is 1. The Morgan fingerprint density at radius 2 is 1.88 bits per heavy atom. The zero-order valence-electron chi connectivity index (χ0n) is 9.19. The molecule has 2 rings (SSSR count). The standard InChI is InChI=1S/C8H15N7O2/c9-7-5-6-8(10)11-12-14(6)15(7)13(1-3-16)2-4-17/h5,16-17H,1-4,9-10H2. The fraction of sp³-hybridized carbons (Fsp3) is 0.500. The van der Waals surface area contributed by atoms with Gasteiger partial charge in [0, 0.05) is 6.07 Å². The van der Waals surface area contributed by atoms with Crippen molar-refractivity contribution in [1.82, 2.24) is 19.7 Å². The van der Waals surface area contributed by atoms with Crippen LogP contribution in [0.4, 0.5) is 11.6 Å². The van der Waals surface area contributed by atoms with Crippen LogP contribution >= 0.6 is 0 Å². The molecule has 0 aliphatic carbocycles. The molecule has 2 heterocycles. The van der Waals surface area contributed by atoms with E-state index in [1.165, 1.54) is 9.42 Å². The molecular weight excluding hydrogens is 226 g/mol. The number of aliphatic hydroxyl groups is 2. The Labute approximate surface area is 96.8 Å². The van der Waals surface area contributed by atoms with Crippen LogP contribution in [-0.2, 0) is 0 Å². The lowest BCUT2D eigenvalue weighted by atomic mass is 10.5. The van der Waals surface area contributed by atoms with E-state index < -0.39 is 0 Å². The van der Waals surface area contributed by atoms with E-state index in [0.717, 1.165) is 0 Å². The Morgan fingerprint density at radius 3 is 2.47 bits per heavy atom. The first-order valence-electron chi connectivity index (χ1n) is 5.14. The van der Waals surface area contributed by atoms with Crippen LogP contribution in [0.25, 0.3) is 5.52 Å². The molecule has 0 amide bonds. The van der Waals surface area contributed by atoms with Gasteiger partial charge in [0.05, 0.1) is 26.3 Å². The van der Waals surface area contributed by atoms with Gasteiger partial charge in [-0.05, 0) is 5.21 Å². The summed E-state index contributed by atoms with van der Waals surface area (Å²) in [5.41, 5.74) is 12.1. The van der Waals surface area contributed by atoms with Gasteiger partial charge in [-0.3, -0.25) is 5.01 Å². The fourth-order valence-corrected chi connectivity index (χ4v) is 1.69. The predicted molar refractivity (Wildman–Crippen MR) is 61.9 cm³/mol. The summed E-state index contributed by atoms with van der Waals surface area (Å²) in [7, 11) is 0. The highest BCUT2D eigenvalue weighted by molar-refractivity contribution is 5.68. The molecule has 0 atom stereocenters. The summed E-state index contributed by atoms with van der Waals surface area (Å²) in [5.74, 6) is 0.687. The van der Waals surface area contributed by atoms with Crippen molar-refractivity contribution in [3.63, 3.8) is 0 Å². The number of aliphatic hydroxyl groups excluding tert-OH is 2. The summed E-state index contributed by atoms with van der Waals surface area (Å²) in [6.45, 7) is 0.495. The third kappa shape index (κ3) is 1.85. The summed E-state index contributed by atoms with van der Waals surface area (Å²) in [4.78, 5) is 1.52. The Hall–Kier alpha value is -2.00. The maximum atomic E-state index is 8.98. The number of aromatic nitrogens is 4. The number of nitrogen functional groups attached to an aromatic ring is 2. The number of nitrogens with two attached hydrogens (primary N) is 2. The summed E-state index contributed by atoms with van der Waals surface area (Å²) >= 11 is 0. The normalized spacial score (nSPS) is 11.2. The van der Waals surface area contributed by atoms with Crippen LogP contribution in [-0.4, -0.2) is 56.2 Å². The molecule has 9 nitrogen and oxygen atoms in total. The van der Waals surface area contributed by atoms with E-state index in [2.05, 4.69) is 10.3 Å². The molecule has 0 spiro atoms. The zero-order valence-corrected chi connectivity index (χ0v) is 9.19. The van der Waals surface area contributed by atoms with Crippen LogP contribution < -0.4 is 16.5 Å². The molecule has 0 saturated heterocycles. The van der Waals surface area contributed by atoms with Crippen LogP contribution in [0.3, 0.4) is 0 Å². The molecule has 6 N–H and O–H groups in total. The number of hydrogen-bond donors (Lipinski definition) is 4. The van der Waals surface area contributed by atoms with E-state index in [4.69, 9.17) is 21.7 Å². The molecule has 0 fully saturated rings. The van der Waals surface area contributed by atoms with Gasteiger partial charge in [0.1, 0.15) is 11.3 Å². The zero-order chi connectivity index (χ0) is 12.4. The van der Waals surface area contributed by atoms with Gasteiger partial charge in [-0.1, -0.05) is 0 Å². The maximum Gasteiger partial charge on any atom is 0.175 e. The Balaban J connectivity index is 2.47. The van der Waals surface area contributed by atoms with Crippen molar-refractivity contribution >= 4 is 17.2 Å². The van der Waals surface area contributed by atoms with E-state index >= 15 is 0 Å². The second kappa shape index (κ2) is 4.47. The quantitative estimate of drug-likeness (QED) is 0.459. The van der Waals surface area contributed by atoms with Gasteiger partial charge in [-0.2, -0.15) is 4.79 Å². The minimum absolute atomic E-state index is 0.0662. The van der Waals surface area contributed by atoms with Gasteiger partial charge in [0.2, 0.25) is 0 Å². The molecule has 0 bridgehead atoms. The third-order valence-electron chi connectivity index (χ3n) is 2.39. The minimum Gasteiger partial charge on any atom is -0.394 e. The number of anilines is 2. The first-order chi connectivity index (χ1) is 8.19. The number of hydrogen-bond acceptors (Lipinski definition) is 7. The van der Waals surface area contributed by atoms with Crippen LogP contribution in [0.15, 0.2) is 6.07 Å². The molecular formula is C8H15N7O2. The van der Waals surface area contributed by atoms with Crippen molar-refractivity contribution in [2.24, 2.45) is 0 Å². The molecule has 94 valence electrons. The highest BCUT2D eigenvalue weighted by Gasteiger charge is 2.15. The van der Waals surface area contributed by atoms with E-state index in [-0.39, 0.29) is 19.0 Å². The average Bonchev–Trinajstić information content (AvgIpc) is 2.79. The smallest absolute Gasteiger partial charge is 0.175 e. The van der Waals surface area contributed by atoms with Crippen LogP contribution in [0.5, 0.6) is 0 Å². The molecule has 0 aromatic carbocycles. The summed E-state index contributed by atoms with van der Waals surface area (Å²) in [6.07, 6.45) is 0. The van der Waals surface area contributed by atoms with Crippen molar-refractivity contribution in [2.45, 2.75) is 0 Å². The van der Waals surface area contributed by atoms with E-state index in [0.29, 0.717) is 24.4 Å². The summed E-state index contributed by atoms with van der Waals surface area (Å²) < 4.78 is 1.43. The van der Waals surface area contributed by atoms with Gasteiger partial charge < -0.3 is 21.7 Å². The second-order valence-corrected chi connectivity index (χ2v) is 3.51. The summed E-state index contributed by atoms with van der Waals surface area (Å²) in [5, 5.41) is 27.2. The van der Waals surface area contributed by atoms with Crippen molar-refractivity contribution in [3.05, 3.63) is 6.07 Å². The van der Waals surface area contributed by atoms with Crippen LogP contribution in [0.2, 0.25) is 0 Å². The maximum absolute atomic E-state index is 8.98. The van der Waals surface area contributed by atoms with Crippen molar-refractivity contribution in [3.8, 4) is 0 Å². The molecule has 0 aliphatic heterocycles. The Kier molecular flexibility index (Phi) is 3.02. The molecule has 9 heteroatoms. The van der Waals surface area contributed by atoms with E-state index in [1.54, 1.807) is 11.1 Å². The minimum atomic E-state index is -0.0662. The average molecular weight is 241 g/mol. The third-order valence-corrected chi connectivity index (χ3v) is 2.39. The highest BCUT2D eigenvalue weighted by atomic mass is 16.3. The molecule has 0 unspecified atom stereocenters. The van der Waals surface area contributed by atoms with Gasteiger partial charge in [-0.15, -0.1) is 9.73 Å². The first kappa shape index (κ1) is 11.5. The number of rotatable bonds is 5.